The van der Waals surface area contributed by atoms with Crippen molar-refractivity contribution in [3.05, 3.63) is 35.4 Å². The fourth-order valence-corrected chi connectivity index (χ4v) is 3.04. The number of nitrogens with one attached hydrogen (secondary N) is 1. The van der Waals surface area contributed by atoms with Gasteiger partial charge in [-0.1, -0.05) is 24.3 Å². The molecule has 0 aliphatic carbocycles. The molecule has 0 aromatic heterocycles. The van der Waals surface area contributed by atoms with Gasteiger partial charge in [0, 0.05) is 5.56 Å². The van der Waals surface area contributed by atoms with Crippen molar-refractivity contribution < 1.29 is 18.7 Å². The number of aliphatic carboxylic acids is 1. The molecule has 2 rings (SSSR count). The summed E-state index contributed by atoms with van der Waals surface area (Å²) >= 11 is 1.59. The van der Waals surface area contributed by atoms with E-state index in [1.165, 1.54) is 12.1 Å². The number of thioether (sulfide) groups is 1. The Balaban J connectivity index is 2.09. The van der Waals surface area contributed by atoms with Gasteiger partial charge in [0.25, 0.3) is 6.43 Å². The lowest BCUT2D eigenvalue weighted by Crippen LogP contribution is -2.41. The lowest BCUT2D eigenvalue weighted by Gasteiger charge is -2.28. The second-order valence-corrected chi connectivity index (χ2v) is 5.28. The number of carboxylic acids is 1. The SMILES string of the molecule is O=C(O)C1CCSC(c2ccc(C(F)F)cc2)N1. The van der Waals surface area contributed by atoms with Crippen LogP contribution in [0.2, 0.25) is 0 Å². The minimum Gasteiger partial charge on any atom is -0.480 e. The third-order valence-electron chi connectivity index (χ3n) is 2.83. The summed E-state index contributed by atoms with van der Waals surface area (Å²) in [4.78, 5) is 10.9. The molecular formula is C12H13F2NO2S. The van der Waals surface area contributed by atoms with Crippen LogP contribution in [0.15, 0.2) is 24.3 Å². The number of hydrogen-bond acceptors (Lipinski definition) is 3. The largest absolute Gasteiger partial charge is 0.480 e. The van der Waals surface area contributed by atoms with Crippen molar-refractivity contribution in [3.8, 4) is 0 Å². The topological polar surface area (TPSA) is 49.3 Å². The predicted octanol–water partition coefficient (Wildman–Crippen LogP) is 2.80. The molecule has 0 amide bonds. The molecule has 1 saturated heterocycles. The van der Waals surface area contributed by atoms with Crippen LogP contribution in [0.1, 0.15) is 29.3 Å². The highest BCUT2D eigenvalue weighted by Gasteiger charge is 2.27. The highest BCUT2D eigenvalue weighted by Crippen LogP contribution is 2.32. The Hall–Kier alpha value is -1.14. The quantitative estimate of drug-likeness (QED) is 0.889. The maximum Gasteiger partial charge on any atom is 0.320 e. The second-order valence-electron chi connectivity index (χ2n) is 4.06. The van der Waals surface area contributed by atoms with Crippen molar-refractivity contribution in [2.45, 2.75) is 24.3 Å². The number of alkyl halides is 2. The average molecular weight is 273 g/mol. The smallest absolute Gasteiger partial charge is 0.320 e. The van der Waals surface area contributed by atoms with Gasteiger partial charge in [-0.05, 0) is 17.7 Å². The van der Waals surface area contributed by atoms with Gasteiger partial charge in [0.2, 0.25) is 0 Å². The Kier molecular flexibility index (Phi) is 4.19. The van der Waals surface area contributed by atoms with Crippen LogP contribution in [0.4, 0.5) is 8.78 Å². The molecule has 0 bridgehead atoms. The van der Waals surface area contributed by atoms with Gasteiger partial charge in [0.15, 0.2) is 0 Å². The van der Waals surface area contributed by atoms with E-state index in [0.29, 0.717) is 6.42 Å². The molecule has 1 heterocycles. The predicted molar refractivity (Wildman–Crippen MR) is 65.8 cm³/mol. The van der Waals surface area contributed by atoms with Crippen molar-refractivity contribution >= 4 is 17.7 Å². The van der Waals surface area contributed by atoms with E-state index in [9.17, 15) is 13.6 Å². The van der Waals surface area contributed by atoms with E-state index >= 15 is 0 Å². The number of benzene rings is 1. The molecule has 2 N–H and O–H groups in total. The average Bonchev–Trinajstić information content (AvgIpc) is 2.39. The minimum atomic E-state index is -2.47. The monoisotopic (exact) mass is 273 g/mol. The molecule has 2 atom stereocenters. The Bertz CT molecular complexity index is 425. The number of rotatable bonds is 3. The number of carbonyl (C=O) groups is 1. The lowest BCUT2D eigenvalue weighted by atomic mass is 10.1. The van der Waals surface area contributed by atoms with Crippen LogP contribution < -0.4 is 5.32 Å². The Morgan fingerprint density at radius 2 is 2.06 bits per heavy atom. The molecule has 1 aliphatic heterocycles. The second kappa shape index (κ2) is 5.67. The first kappa shape index (κ1) is 13.3. The van der Waals surface area contributed by atoms with Crippen LogP contribution in [0.3, 0.4) is 0 Å². The first-order chi connectivity index (χ1) is 8.58. The van der Waals surface area contributed by atoms with Gasteiger partial charge in [-0.3, -0.25) is 10.1 Å². The van der Waals surface area contributed by atoms with Gasteiger partial charge >= 0.3 is 5.97 Å². The summed E-state index contributed by atoms with van der Waals surface area (Å²) in [6, 6.07) is 5.44. The molecule has 3 nitrogen and oxygen atoms in total. The van der Waals surface area contributed by atoms with Crippen molar-refractivity contribution in [2.24, 2.45) is 0 Å². The van der Waals surface area contributed by atoms with Crippen molar-refractivity contribution in [1.29, 1.82) is 0 Å². The molecule has 2 unspecified atom stereocenters. The molecule has 98 valence electrons. The van der Waals surface area contributed by atoms with Crippen LogP contribution in [-0.4, -0.2) is 22.9 Å². The molecule has 0 spiro atoms. The summed E-state index contributed by atoms with van der Waals surface area (Å²) in [5.74, 6) is -0.130. The maximum atomic E-state index is 12.4. The maximum absolute atomic E-state index is 12.4. The molecule has 6 heteroatoms. The van der Waals surface area contributed by atoms with Crippen molar-refractivity contribution in [1.82, 2.24) is 5.32 Å². The highest BCUT2D eigenvalue weighted by molar-refractivity contribution is 7.99. The third kappa shape index (κ3) is 3.00. The van der Waals surface area contributed by atoms with Gasteiger partial charge < -0.3 is 5.11 Å². The molecule has 0 saturated carbocycles. The molecule has 1 fully saturated rings. The zero-order chi connectivity index (χ0) is 13.1. The fraction of sp³-hybridized carbons (Fsp3) is 0.417. The first-order valence-electron chi connectivity index (χ1n) is 5.56. The van der Waals surface area contributed by atoms with E-state index in [0.717, 1.165) is 11.3 Å². The van der Waals surface area contributed by atoms with E-state index in [-0.39, 0.29) is 10.9 Å². The van der Waals surface area contributed by atoms with Crippen molar-refractivity contribution in [2.75, 3.05) is 5.75 Å². The van der Waals surface area contributed by atoms with E-state index in [1.807, 2.05) is 0 Å². The zero-order valence-corrected chi connectivity index (χ0v) is 10.3. The molecule has 1 aromatic rings. The zero-order valence-electron chi connectivity index (χ0n) is 9.48. The summed E-state index contributed by atoms with van der Waals surface area (Å²) < 4.78 is 24.8. The molecular weight excluding hydrogens is 260 g/mol. The van der Waals surface area contributed by atoms with Crippen LogP contribution in [0.25, 0.3) is 0 Å². The summed E-state index contributed by atoms with van der Waals surface area (Å²) in [6.45, 7) is 0. The first-order valence-corrected chi connectivity index (χ1v) is 6.61. The molecule has 0 radical (unpaired) electrons. The molecule has 18 heavy (non-hydrogen) atoms. The minimum absolute atomic E-state index is 0.0191. The summed E-state index contributed by atoms with van der Waals surface area (Å²) in [7, 11) is 0. The normalized spacial score (nSPS) is 24.2. The summed E-state index contributed by atoms with van der Waals surface area (Å²) in [5.41, 5.74) is 0.810. The standard InChI is InChI=1S/C12H13F2NO2S/c13-10(14)7-1-3-8(4-2-7)11-15-9(12(16)17)5-6-18-11/h1-4,9-11,15H,5-6H2,(H,16,17). The van der Waals surface area contributed by atoms with Crippen molar-refractivity contribution in [3.63, 3.8) is 0 Å². The Morgan fingerprint density at radius 1 is 1.39 bits per heavy atom. The van der Waals surface area contributed by atoms with E-state index in [2.05, 4.69) is 5.32 Å². The van der Waals surface area contributed by atoms with Gasteiger partial charge in [0.05, 0.1) is 5.37 Å². The van der Waals surface area contributed by atoms with Gasteiger partial charge in [0.1, 0.15) is 6.04 Å². The van der Waals surface area contributed by atoms with Gasteiger partial charge in [-0.25, -0.2) is 8.78 Å². The summed E-state index contributed by atoms with van der Waals surface area (Å²) in [5, 5.41) is 11.8. The Labute approximate surface area is 108 Å². The van der Waals surface area contributed by atoms with E-state index in [4.69, 9.17) is 5.11 Å². The summed E-state index contributed by atoms with van der Waals surface area (Å²) in [6.07, 6.45) is -1.90. The number of halogens is 2. The number of carboxylic acid groups (broad SMARTS) is 1. The molecule has 1 aromatic carbocycles. The van der Waals surface area contributed by atoms with Crippen LogP contribution in [0, 0.1) is 0 Å². The van der Waals surface area contributed by atoms with E-state index < -0.39 is 18.4 Å². The fourth-order valence-electron chi connectivity index (χ4n) is 1.82. The highest BCUT2D eigenvalue weighted by atomic mass is 32.2. The van der Waals surface area contributed by atoms with E-state index in [1.54, 1.807) is 23.9 Å². The van der Waals surface area contributed by atoms with Crippen LogP contribution >= 0.6 is 11.8 Å². The lowest BCUT2D eigenvalue weighted by molar-refractivity contribution is -0.139. The van der Waals surface area contributed by atoms with Gasteiger partial charge in [-0.2, -0.15) is 0 Å². The molecule has 1 aliphatic rings. The van der Waals surface area contributed by atoms with Crippen LogP contribution in [0.5, 0.6) is 0 Å². The van der Waals surface area contributed by atoms with Crippen LogP contribution in [-0.2, 0) is 4.79 Å². The third-order valence-corrected chi connectivity index (χ3v) is 4.05. The van der Waals surface area contributed by atoms with Gasteiger partial charge in [-0.15, -0.1) is 11.8 Å². The number of hydrogen-bond donors (Lipinski definition) is 2. The Morgan fingerprint density at radius 3 is 2.61 bits per heavy atom.